The standard InChI is InChI=1S/C15H12F2N2/c16-14-12(10-18)6-7-13(15(14)17)19-9-8-11-4-2-1-3-5-11/h1-7,19H,8-9H2. The Hall–Kier alpha value is -2.41. The summed E-state index contributed by atoms with van der Waals surface area (Å²) in [5.41, 5.74) is 0.906. The van der Waals surface area contributed by atoms with Crippen molar-refractivity contribution < 1.29 is 8.78 Å². The van der Waals surface area contributed by atoms with Gasteiger partial charge in [-0.1, -0.05) is 30.3 Å². The van der Waals surface area contributed by atoms with Gasteiger partial charge in [0.15, 0.2) is 11.6 Å². The van der Waals surface area contributed by atoms with Crippen LogP contribution in [0.1, 0.15) is 11.1 Å². The average molecular weight is 258 g/mol. The number of nitriles is 1. The van der Waals surface area contributed by atoms with Crippen LogP contribution in [-0.2, 0) is 6.42 Å². The highest BCUT2D eigenvalue weighted by atomic mass is 19.2. The molecule has 0 unspecified atom stereocenters. The van der Waals surface area contributed by atoms with Crippen LogP contribution >= 0.6 is 0 Å². The van der Waals surface area contributed by atoms with E-state index >= 15 is 0 Å². The maximum absolute atomic E-state index is 13.6. The van der Waals surface area contributed by atoms with Crippen molar-refractivity contribution in [1.82, 2.24) is 0 Å². The van der Waals surface area contributed by atoms with E-state index < -0.39 is 11.6 Å². The van der Waals surface area contributed by atoms with Gasteiger partial charge in [0.2, 0.25) is 0 Å². The highest BCUT2D eigenvalue weighted by Crippen LogP contribution is 2.20. The average Bonchev–Trinajstić information content (AvgIpc) is 2.45. The summed E-state index contributed by atoms with van der Waals surface area (Å²) < 4.78 is 27.0. The van der Waals surface area contributed by atoms with E-state index in [2.05, 4.69) is 5.32 Å². The Morgan fingerprint density at radius 2 is 1.74 bits per heavy atom. The second kappa shape index (κ2) is 5.96. The number of anilines is 1. The quantitative estimate of drug-likeness (QED) is 0.911. The van der Waals surface area contributed by atoms with Crippen molar-refractivity contribution in [3.05, 3.63) is 65.2 Å². The van der Waals surface area contributed by atoms with E-state index in [-0.39, 0.29) is 11.3 Å². The van der Waals surface area contributed by atoms with Gasteiger partial charge < -0.3 is 5.32 Å². The normalized spacial score (nSPS) is 9.95. The smallest absolute Gasteiger partial charge is 0.183 e. The van der Waals surface area contributed by atoms with Crippen molar-refractivity contribution in [1.29, 1.82) is 5.26 Å². The Kier molecular flexibility index (Phi) is 4.09. The summed E-state index contributed by atoms with van der Waals surface area (Å²) in [6, 6.07) is 14.0. The van der Waals surface area contributed by atoms with Gasteiger partial charge in [0.05, 0.1) is 11.3 Å². The topological polar surface area (TPSA) is 35.8 Å². The molecule has 96 valence electrons. The molecule has 0 atom stereocenters. The van der Waals surface area contributed by atoms with Crippen molar-refractivity contribution >= 4 is 5.69 Å². The lowest BCUT2D eigenvalue weighted by Gasteiger charge is -2.08. The van der Waals surface area contributed by atoms with Crippen LogP contribution in [0.3, 0.4) is 0 Å². The van der Waals surface area contributed by atoms with Crippen molar-refractivity contribution in [3.63, 3.8) is 0 Å². The van der Waals surface area contributed by atoms with Crippen LogP contribution in [0.25, 0.3) is 0 Å². The maximum atomic E-state index is 13.6. The molecule has 2 aromatic rings. The highest BCUT2D eigenvalue weighted by molar-refractivity contribution is 5.49. The fourth-order valence-corrected chi connectivity index (χ4v) is 1.76. The zero-order valence-electron chi connectivity index (χ0n) is 10.2. The van der Waals surface area contributed by atoms with Gasteiger partial charge in [0.1, 0.15) is 6.07 Å². The minimum atomic E-state index is -1.10. The fraction of sp³-hybridized carbons (Fsp3) is 0.133. The summed E-state index contributed by atoms with van der Waals surface area (Å²) in [5, 5.41) is 11.4. The minimum absolute atomic E-state index is 0.0763. The molecule has 0 saturated heterocycles. The lowest BCUT2D eigenvalue weighted by Crippen LogP contribution is -2.07. The zero-order valence-corrected chi connectivity index (χ0v) is 10.2. The summed E-state index contributed by atoms with van der Waals surface area (Å²) in [7, 11) is 0. The first kappa shape index (κ1) is 13.0. The second-order valence-corrected chi connectivity index (χ2v) is 4.06. The van der Waals surface area contributed by atoms with Gasteiger partial charge in [-0.05, 0) is 24.1 Å². The van der Waals surface area contributed by atoms with E-state index in [1.165, 1.54) is 12.1 Å². The van der Waals surface area contributed by atoms with Gasteiger partial charge in [-0.2, -0.15) is 5.26 Å². The van der Waals surface area contributed by atoms with Crippen LogP contribution in [0.4, 0.5) is 14.5 Å². The van der Waals surface area contributed by atoms with E-state index in [0.717, 1.165) is 5.56 Å². The number of rotatable bonds is 4. The molecule has 0 bridgehead atoms. The second-order valence-electron chi connectivity index (χ2n) is 4.06. The van der Waals surface area contributed by atoms with Crippen LogP contribution in [0, 0.1) is 23.0 Å². The first-order chi connectivity index (χ1) is 9.22. The molecule has 4 heteroatoms. The number of hydrogen-bond donors (Lipinski definition) is 1. The predicted molar refractivity (Wildman–Crippen MR) is 69.7 cm³/mol. The lowest BCUT2D eigenvalue weighted by atomic mass is 10.1. The SMILES string of the molecule is N#Cc1ccc(NCCc2ccccc2)c(F)c1F. The monoisotopic (exact) mass is 258 g/mol. The van der Waals surface area contributed by atoms with E-state index in [1.807, 2.05) is 30.3 Å². The molecule has 2 nitrogen and oxygen atoms in total. The van der Waals surface area contributed by atoms with Gasteiger partial charge in [-0.15, -0.1) is 0 Å². The molecule has 0 aliphatic rings. The third-order valence-corrected chi connectivity index (χ3v) is 2.77. The molecule has 0 saturated carbocycles. The minimum Gasteiger partial charge on any atom is -0.382 e. The summed E-state index contributed by atoms with van der Waals surface area (Å²) in [6.07, 6.45) is 0.710. The summed E-state index contributed by atoms with van der Waals surface area (Å²) in [6.45, 7) is 0.492. The molecule has 0 fully saturated rings. The van der Waals surface area contributed by atoms with Crippen LogP contribution in [0.2, 0.25) is 0 Å². The van der Waals surface area contributed by atoms with Crippen molar-refractivity contribution in [3.8, 4) is 6.07 Å². The zero-order chi connectivity index (χ0) is 13.7. The van der Waals surface area contributed by atoms with E-state index in [4.69, 9.17) is 5.26 Å². The number of nitrogens with one attached hydrogen (secondary N) is 1. The predicted octanol–water partition coefficient (Wildman–Crippen LogP) is 3.49. The Bertz CT molecular complexity index is 604. The van der Waals surface area contributed by atoms with Crippen molar-refractivity contribution in [2.75, 3.05) is 11.9 Å². The molecular formula is C15H12F2N2. The van der Waals surface area contributed by atoms with Gasteiger partial charge in [-0.25, -0.2) is 8.78 Å². The first-order valence-corrected chi connectivity index (χ1v) is 5.88. The van der Waals surface area contributed by atoms with E-state index in [0.29, 0.717) is 13.0 Å². The molecule has 0 aliphatic carbocycles. The largest absolute Gasteiger partial charge is 0.382 e. The van der Waals surface area contributed by atoms with Crippen molar-refractivity contribution in [2.45, 2.75) is 6.42 Å². The molecular weight excluding hydrogens is 246 g/mol. The van der Waals surface area contributed by atoms with Crippen LogP contribution in [-0.4, -0.2) is 6.54 Å². The lowest BCUT2D eigenvalue weighted by molar-refractivity contribution is 0.508. The highest BCUT2D eigenvalue weighted by Gasteiger charge is 2.12. The summed E-state index contributed by atoms with van der Waals surface area (Å²) >= 11 is 0. The Balaban J connectivity index is 2.01. The van der Waals surface area contributed by atoms with Crippen LogP contribution in [0.5, 0.6) is 0 Å². The van der Waals surface area contributed by atoms with Gasteiger partial charge in [-0.3, -0.25) is 0 Å². The first-order valence-electron chi connectivity index (χ1n) is 5.88. The molecule has 0 aromatic heterocycles. The Labute approximate surface area is 110 Å². The molecule has 19 heavy (non-hydrogen) atoms. The van der Waals surface area contributed by atoms with Gasteiger partial charge in [0, 0.05) is 6.54 Å². The molecule has 0 aliphatic heterocycles. The molecule has 0 amide bonds. The molecule has 0 spiro atoms. The van der Waals surface area contributed by atoms with Crippen LogP contribution in [0.15, 0.2) is 42.5 Å². The van der Waals surface area contributed by atoms with Crippen LogP contribution < -0.4 is 5.32 Å². The fourth-order valence-electron chi connectivity index (χ4n) is 1.76. The van der Waals surface area contributed by atoms with E-state index in [9.17, 15) is 8.78 Å². The summed E-state index contributed by atoms with van der Waals surface area (Å²) in [5.74, 6) is -2.11. The third-order valence-electron chi connectivity index (χ3n) is 2.77. The maximum Gasteiger partial charge on any atom is 0.183 e. The Morgan fingerprint density at radius 1 is 1.00 bits per heavy atom. The van der Waals surface area contributed by atoms with Gasteiger partial charge in [0.25, 0.3) is 0 Å². The molecule has 0 radical (unpaired) electrons. The number of benzene rings is 2. The summed E-state index contributed by atoms with van der Waals surface area (Å²) in [4.78, 5) is 0. The number of hydrogen-bond acceptors (Lipinski definition) is 2. The third kappa shape index (κ3) is 3.08. The number of halogens is 2. The van der Waals surface area contributed by atoms with Crippen molar-refractivity contribution in [2.24, 2.45) is 0 Å². The van der Waals surface area contributed by atoms with E-state index in [1.54, 1.807) is 6.07 Å². The molecule has 0 heterocycles. The van der Waals surface area contributed by atoms with Gasteiger partial charge >= 0.3 is 0 Å². The molecule has 2 aromatic carbocycles. The molecule has 1 N–H and O–H groups in total. The molecule has 2 rings (SSSR count). The Morgan fingerprint density at radius 3 is 2.42 bits per heavy atom. The number of nitrogens with zero attached hydrogens (tertiary/aromatic N) is 1.